The molecule has 0 aromatic carbocycles. The predicted octanol–water partition coefficient (Wildman–Crippen LogP) is 0.833. The second-order valence-electron chi connectivity index (χ2n) is 4.85. The molecule has 1 saturated heterocycles. The molecule has 0 radical (unpaired) electrons. The molecule has 0 aliphatic carbocycles. The van der Waals surface area contributed by atoms with Crippen molar-refractivity contribution in [3.05, 3.63) is 0 Å². The fraction of sp³-hybridized carbons (Fsp3) is 0.917. The van der Waals surface area contributed by atoms with Gasteiger partial charge in [0.2, 0.25) is 5.91 Å². The molecule has 1 heterocycles. The van der Waals surface area contributed by atoms with Crippen LogP contribution in [0, 0.1) is 0 Å². The van der Waals surface area contributed by atoms with E-state index in [1.807, 2.05) is 14.0 Å². The van der Waals surface area contributed by atoms with Crippen LogP contribution < -0.4 is 5.32 Å². The molecular weight excluding hydrogens is 288 g/mol. The van der Waals surface area contributed by atoms with E-state index in [1.54, 1.807) is 4.90 Å². The Hall–Kier alpha value is -0.330. The van der Waals surface area contributed by atoms with Crippen molar-refractivity contribution in [2.75, 3.05) is 31.6 Å². The summed E-state index contributed by atoms with van der Waals surface area (Å²) in [5.74, 6) is 0.459. The first-order valence-corrected chi connectivity index (χ1v) is 8.46. The first-order valence-electron chi connectivity index (χ1n) is 6.64. The molecule has 0 spiro atoms. The molecular formula is C12H25ClN2O3S. The Morgan fingerprint density at radius 3 is 2.58 bits per heavy atom. The van der Waals surface area contributed by atoms with Crippen LogP contribution in [0.5, 0.6) is 0 Å². The van der Waals surface area contributed by atoms with E-state index in [0.717, 1.165) is 19.4 Å². The van der Waals surface area contributed by atoms with Gasteiger partial charge >= 0.3 is 0 Å². The predicted molar refractivity (Wildman–Crippen MR) is 79.5 cm³/mol. The molecule has 1 atom stereocenters. The zero-order valence-corrected chi connectivity index (χ0v) is 13.4. The highest BCUT2D eigenvalue weighted by Gasteiger charge is 2.33. The van der Waals surface area contributed by atoms with Crippen molar-refractivity contribution in [3.63, 3.8) is 0 Å². The van der Waals surface area contributed by atoms with Crippen molar-refractivity contribution in [2.24, 2.45) is 0 Å². The second-order valence-corrected chi connectivity index (χ2v) is 7.08. The molecule has 1 unspecified atom stereocenters. The minimum absolute atomic E-state index is 0. The molecule has 7 heteroatoms. The molecule has 1 amide bonds. The van der Waals surface area contributed by atoms with E-state index in [0.29, 0.717) is 19.4 Å². The Morgan fingerprint density at radius 1 is 1.42 bits per heavy atom. The van der Waals surface area contributed by atoms with E-state index in [1.165, 1.54) is 0 Å². The van der Waals surface area contributed by atoms with E-state index in [2.05, 4.69) is 5.32 Å². The summed E-state index contributed by atoms with van der Waals surface area (Å²) in [6.45, 7) is 3.49. The van der Waals surface area contributed by atoms with E-state index < -0.39 is 9.84 Å². The Kier molecular flexibility index (Phi) is 8.61. The van der Waals surface area contributed by atoms with Gasteiger partial charge in [0, 0.05) is 19.0 Å². The number of nitrogens with zero attached hydrogens (tertiary/aromatic N) is 1. The number of sulfone groups is 1. The molecule has 0 aromatic heterocycles. The average Bonchev–Trinajstić information content (AvgIpc) is 2.66. The summed E-state index contributed by atoms with van der Waals surface area (Å²) in [5.41, 5.74) is 0. The lowest BCUT2D eigenvalue weighted by Crippen LogP contribution is -2.41. The standard InChI is InChI=1S/C12H24N2O3S.ClH/c1-3-8-14(12(15)5-4-7-13-2)11-6-9-18(16,17)10-11;/h11,13H,3-10H2,1-2H3;1H. The summed E-state index contributed by atoms with van der Waals surface area (Å²) in [6.07, 6.45) is 2.76. The van der Waals surface area contributed by atoms with Crippen LogP contribution in [0.15, 0.2) is 0 Å². The summed E-state index contributed by atoms with van der Waals surface area (Å²) in [6, 6.07) is -0.1000. The van der Waals surface area contributed by atoms with Crippen molar-refractivity contribution < 1.29 is 13.2 Å². The SMILES string of the molecule is CCCN(C(=O)CCCNC)C1CCS(=O)(=O)C1.Cl. The van der Waals surface area contributed by atoms with E-state index in [4.69, 9.17) is 0 Å². The van der Waals surface area contributed by atoms with Crippen molar-refractivity contribution in [1.82, 2.24) is 10.2 Å². The molecule has 0 saturated carbocycles. The number of carbonyl (C=O) groups excluding carboxylic acids is 1. The maximum Gasteiger partial charge on any atom is 0.222 e. The van der Waals surface area contributed by atoms with Gasteiger partial charge in [-0.05, 0) is 32.9 Å². The molecule has 1 fully saturated rings. The highest BCUT2D eigenvalue weighted by molar-refractivity contribution is 7.91. The quantitative estimate of drug-likeness (QED) is 0.707. The number of halogens is 1. The van der Waals surface area contributed by atoms with Gasteiger partial charge in [-0.15, -0.1) is 12.4 Å². The van der Waals surface area contributed by atoms with Gasteiger partial charge in [-0.2, -0.15) is 0 Å². The van der Waals surface area contributed by atoms with Crippen molar-refractivity contribution in [3.8, 4) is 0 Å². The third-order valence-electron chi connectivity index (χ3n) is 3.25. The normalized spacial score (nSPS) is 20.8. The van der Waals surface area contributed by atoms with Gasteiger partial charge in [-0.25, -0.2) is 8.42 Å². The molecule has 114 valence electrons. The highest BCUT2D eigenvalue weighted by Crippen LogP contribution is 2.19. The van der Waals surface area contributed by atoms with Gasteiger partial charge < -0.3 is 10.2 Å². The van der Waals surface area contributed by atoms with Crippen LogP contribution in [0.4, 0.5) is 0 Å². The smallest absolute Gasteiger partial charge is 0.222 e. The summed E-state index contributed by atoms with van der Waals surface area (Å²) in [4.78, 5) is 13.9. The second kappa shape index (κ2) is 8.76. The lowest BCUT2D eigenvalue weighted by molar-refractivity contribution is -0.133. The Balaban J connectivity index is 0.00000324. The summed E-state index contributed by atoms with van der Waals surface area (Å²) < 4.78 is 23.0. The third kappa shape index (κ3) is 6.10. The maximum atomic E-state index is 12.1. The minimum atomic E-state index is -2.92. The third-order valence-corrected chi connectivity index (χ3v) is 5.00. The van der Waals surface area contributed by atoms with E-state index in [-0.39, 0.29) is 35.9 Å². The van der Waals surface area contributed by atoms with Crippen LogP contribution >= 0.6 is 12.4 Å². The molecule has 0 bridgehead atoms. The molecule has 0 aromatic rings. The number of hydrogen-bond donors (Lipinski definition) is 1. The lowest BCUT2D eigenvalue weighted by Gasteiger charge is -2.28. The van der Waals surface area contributed by atoms with Gasteiger partial charge in [0.25, 0.3) is 0 Å². The van der Waals surface area contributed by atoms with Crippen LogP contribution in [0.3, 0.4) is 0 Å². The summed E-state index contributed by atoms with van der Waals surface area (Å²) in [5, 5.41) is 3.01. The fourth-order valence-corrected chi connectivity index (χ4v) is 4.06. The zero-order chi connectivity index (χ0) is 13.6. The Labute approximate surface area is 122 Å². The van der Waals surface area contributed by atoms with Gasteiger partial charge in [0.15, 0.2) is 9.84 Å². The van der Waals surface area contributed by atoms with Gasteiger partial charge in [0.1, 0.15) is 0 Å². The van der Waals surface area contributed by atoms with E-state index in [9.17, 15) is 13.2 Å². The maximum absolute atomic E-state index is 12.1. The molecule has 5 nitrogen and oxygen atoms in total. The molecule has 1 N–H and O–H groups in total. The van der Waals surface area contributed by atoms with Crippen LogP contribution in [-0.4, -0.2) is 56.9 Å². The van der Waals surface area contributed by atoms with Gasteiger partial charge in [-0.3, -0.25) is 4.79 Å². The number of nitrogens with one attached hydrogen (secondary N) is 1. The molecule has 1 aliphatic rings. The fourth-order valence-electron chi connectivity index (χ4n) is 2.33. The van der Waals surface area contributed by atoms with Crippen LogP contribution in [0.2, 0.25) is 0 Å². The largest absolute Gasteiger partial charge is 0.339 e. The van der Waals surface area contributed by atoms with Crippen molar-refractivity contribution in [1.29, 1.82) is 0 Å². The van der Waals surface area contributed by atoms with Crippen molar-refractivity contribution in [2.45, 2.75) is 38.6 Å². The number of hydrogen-bond acceptors (Lipinski definition) is 4. The lowest BCUT2D eigenvalue weighted by atomic mass is 10.1. The Morgan fingerprint density at radius 2 is 2.11 bits per heavy atom. The molecule has 1 aliphatic heterocycles. The number of rotatable bonds is 7. The monoisotopic (exact) mass is 312 g/mol. The van der Waals surface area contributed by atoms with Crippen LogP contribution in [0.1, 0.15) is 32.6 Å². The van der Waals surface area contributed by atoms with E-state index >= 15 is 0 Å². The van der Waals surface area contributed by atoms with Crippen LogP contribution in [0.25, 0.3) is 0 Å². The van der Waals surface area contributed by atoms with Crippen LogP contribution in [-0.2, 0) is 14.6 Å². The molecule has 1 rings (SSSR count). The summed E-state index contributed by atoms with van der Waals surface area (Å²) >= 11 is 0. The van der Waals surface area contributed by atoms with Gasteiger partial charge in [0.05, 0.1) is 11.5 Å². The first-order chi connectivity index (χ1) is 8.50. The zero-order valence-electron chi connectivity index (χ0n) is 11.7. The summed E-state index contributed by atoms with van der Waals surface area (Å²) in [7, 11) is -1.06. The molecule has 19 heavy (non-hydrogen) atoms. The average molecular weight is 313 g/mol. The minimum Gasteiger partial charge on any atom is -0.339 e. The number of amides is 1. The van der Waals surface area contributed by atoms with Crippen molar-refractivity contribution >= 4 is 28.2 Å². The first kappa shape index (κ1) is 18.7. The Bertz CT molecular complexity index is 373. The number of carbonyl (C=O) groups is 1. The van der Waals surface area contributed by atoms with Gasteiger partial charge in [-0.1, -0.05) is 6.92 Å². The highest BCUT2D eigenvalue weighted by atomic mass is 35.5. The topological polar surface area (TPSA) is 66.5 Å².